The Hall–Kier alpha value is -5.18. The predicted octanol–water partition coefficient (Wildman–Crippen LogP) is 9.17. The van der Waals surface area contributed by atoms with Crippen molar-refractivity contribution in [3.8, 4) is 11.5 Å². The SMILES string of the molecule is COc1ccc2c(c1)c1c3c[n+](CCN4CCC(CCCC5CCN(CC[n+]6ccc7ccc8c(c7c6)c6cc(OC)ccc6n8C)CC5)CC4)ccc3ccc1n2C. The molecule has 59 heavy (non-hydrogen) atoms. The number of aryl methyl sites for hydroxylation is 2. The number of hydrogen-bond donors (Lipinski definition) is 0. The minimum absolute atomic E-state index is 0.896. The van der Waals surface area contributed by atoms with Gasteiger partial charge in [-0.3, -0.25) is 9.80 Å². The number of pyridine rings is 2. The Balaban J connectivity index is 0.676. The largest absolute Gasteiger partial charge is 0.497 e. The van der Waals surface area contributed by atoms with Gasteiger partial charge in [0, 0.05) is 69.8 Å². The molecule has 0 bridgehead atoms. The van der Waals surface area contributed by atoms with Crippen LogP contribution < -0.4 is 18.6 Å². The molecule has 8 nitrogen and oxygen atoms in total. The number of piperidine rings is 2. The number of fused-ring (bicyclic) bond motifs is 10. The molecule has 6 heterocycles. The summed E-state index contributed by atoms with van der Waals surface area (Å²) in [6.45, 7) is 9.23. The van der Waals surface area contributed by atoms with E-state index in [1.54, 1.807) is 14.2 Å². The van der Waals surface area contributed by atoms with Crippen LogP contribution in [0.2, 0.25) is 0 Å². The number of benzene rings is 4. The van der Waals surface area contributed by atoms with Crippen molar-refractivity contribution in [3.05, 3.63) is 97.6 Å². The van der Waals surface area contributed by atoms with Crippen molar-refractivity contribution in [1.82, 2.24) is 18.9 Å². The fourth-order valence-corrected chi connectivity index (χ4v) is 10.7. The summed E-state index contributed by atoms with van der Waals surface area (Å²) >= 11 is 0. The second kappa shape index (κ2) is 16.1. The lowest BCUT2D eigenvalue weighted by Gasteiger charge is -2.33. The Kier molecular flexibility index (Phi) is 10.4. The quantitative estimate of drug-likeness (QED) is 0.116. The van der Waals surface area contributed by atoms with Gasteiger partial charge in [-0.15, -0.1) is 0 Å². The lowest BCUT2D eigenvalue weighted by molar-refractivity contribution is -0.695. The number of nitrogens with zero attached hydrogens (tertiary/aromatic N) is 6. The summed E-state index contributed by atoms with van der Waals surface area (Å²) in [5.41, 5.74) is 5.02. The smallest absolute Gasteiger partial charge is 0.177 e. The van der Waals surface area contributed by atoms with E-state index in [4.69, 9.17) is 9.47 Å². The van der Waals surface area contributed by atoms with Gasteiger partial charge in [0.05, 0.1) is 38.1 Å². The number of likely N-dealkylation sites (tertiary alicyclic amines) is 2. The summed E-state index contributed by atoms with van der Waals surface area (Å²) in [7, 11) is 7.84. The van der Waals surface area contributed by atoms with Gasteiger partial charge in [-0.2, -0.15) is 0 Å². The summed E-state index contributed by atoms with van der Waals surface area (Å²) in [6.07, 6.45) is 18.9. The molecule has 0 unspecified atom stereocenters. The first-order valence-electron chi connectivity index (χ1n) is 22.1. The van der Waals surface area contributed by atoms with Crippen molar-refractivity contribution in [2.75, 3.05) is 53.5 Å². The topological polar surface area (TPSA) is 42.6 Å². The van der Waals surface area contributed by atoms with Crippen LogP contribution in [0.1, 0.15) is 44.9 Å². The third-order valence-corrected chi connectivity index (χ3v) is 14.4. The van der Waals surface area contributed by atoms with Gasteiger partial charge in [0.2, 0.25) is 0 Å². The van der Waals surface area contributed by atoms with Gasteiger partial charge in [-0.1, -0.05) is 31.4 Å². The molecule has 2 fully saturated rings. The Morgan fingerprint density at radius 2 is 0.949 bits per heavy atom. The summed E-state index contributed by atoms with van der Waals surface area (Å²) in [6, 6.07) is 26.5. The zero-order valence-corrected chi connectivity index (χ0v) is 35.5. The molecule has 2 saturated heterocycles. The van der Waals surface area contributed by atoms with Crippen LogP contribution in [0.3, 0.4) is 0 Å². The van der Waals surface area contributed by atoms with E-state index in [0.717, 1.165) is 49.5 Å². The van der Waals surface area contributed by atoms with Crippen molar-refractivity contribution < 1.29 is 18.6 Å². The fourth-order valence-electron chi connectivity index (χ4n) is 10.7. The van der Waals surface area contributed by atoms with Crippen molar-refractivity contribution >= 4 is 65.2 Å². The second-order valence-electron chi connectivity index (χ2n) is 17.7. The molecule has 0 amide bonds. The summed E-state index contributed by atoms with van der Waals surface area (Å²) in [5.74, 6) is 3.61. The maximum absolute atomic E-state index is 5.61. The molecular weight excluding hydrogens is 729 g/mol. The van der Waals surface area contributed by atoms with E-state index >= 15 is 0 Å². The van der Waals surface area contributed by atoms with Crippen molar-refractivity contribution in [3.63, 3.8) is 0 Å². The molecular formula is C51H60N6O2+2. The number of ether oxygens (including phenoxy) is 2. The molecule has 0 radical (unpaired) electrons. The lowest BCUT2D eigenvalue weighted by atomic mass is 9.87. The van der Waals surface area contributed by atoms with Crippen molar-refractivity contribution in [2.45, 2.75) is 58.0 Å². The molecule has 0 saturated carbocycles. The highest BCUT2D eigenvalue weighted by Gasteiger charge is 2.24. The molecule has 4 aromatic heterocycles. The molecule has 2 aliphatic rings. The summed E-state index contributed by atoms with van der Waals surface area (Å²) in [5, 5.41) is 10.4. The third-order valence-electron chi connectivity index (χ3n) is 14.4. The zero-order valence-electron chi connectivity index (χ0n) is 35.5. The molecule has 4 aromatic carbocycles. The molecule has 0 aliphatic carbocycles. The highest BCUT2D eigenvalue weighted by molar-refractivity contribution is 6.21. The van der Waals surface area contributed by atoms with E-state index in [0.29, 0.717) is 0 Å². The van der Waals surface area contributed by atoms with Crippen LogP contribution in [0, 0.1) is 11.8 Å². The van der Waals surface area contributed by atoms with Crippen LogP contribution in [0.25, 0.3) is 65.2 Å². The highest BCUT2D eigenvalue weighted by atomic mass is 16.5. The number of hydrogen-bond acceptors (Lipinski definition) is 4. The second-order valence-corrected chi connectivity index (χ2v) is 17.7. The van der Waals surface area contributed by atoms with Crippen LogP contribution in [0.5, 0.6) is 11.5 Å². The van der Waals surface area contributed by atoms with Crippen LogP contribution >= 0.6 is 0 Å². The van der Waals surface area contributed by atoms with Crippen LogP contribution in [0.15, 0.2) is 97.6 Å². The van der Waals surface area contributed by atoms with Gasteiger partial charge < -0.3 is 18.6 Å². The predicted molar refractivity (Wildman–Crippen MR) is 242 cm³/mol. The first-order chi connectivity index (χ1) is 28.9. The third kappa shape index (κ3) is 7.29. The average Bonchev–Trinajstić information content (AvgIpc) is 3.74. The van der Waals surface area contributed by atoms with Gasteiger partial charge in [-0.05, 0) is 123 Å². The van der Waals surface area contributed by atoms with E-state index in [2.05, 4.69) is 140 Å². The molecule has 304 valence electrons. The minimum Gasteiger partial charge on any atom is -0.497 e. The molecule has 0 N–H and O–H groups in total. The Bertz CT molecular complexity index is 2610. The van der Waals surface area contributed by atoms with Gasteiger partial charge in [0.1, 0.15) is 11.5 Å². The van der Waals surface area contributed by atoms with Crippen molar-refractivity contribution in [1.29, 1.82) is 0 Å². The summed E-state index contributed by atoms with van der Waals surface area (Å²) in [4.78, 5) is 5.40. The van der Waals surface area contributed by atoms with E-state index in [9.17, 15) is 0 Å². The molecule has 8 aromatic rings. The monoisotopic (exact) mass is 788 g/mol. The Morgan fingerprint density at radius 3 is 1.37 bits per heavy atom. The standard InChI is InChI=1S/C51H60N6O2/c1-52-46-14-10-40(58-3)32-42(46)50-44-34-56(26-20-38(44)8-12-48(50)52)30-28-54-22-16-36(17-23-54)6-5-7-37-18-24-55(25-19-37)29-31-57-27-21-39-9-13-49-51(45(39)35-57)43-33-41(59-4)11-15-47(43)53(49)2/h8-15,20-21,26-27,32-37H,5-7,16-19,22-25,28-31H2,1-4H3/q+2. The average molecular weight is 789 g/mol. The highest BCUT2D eigenvalue weighted by Crippen LogP contribution is 2.37. The van der Waals surface area contributed by atoms with Gasteiger partial charge in [-0.25, -0.2) is 9.13 Å². The fraction of sp³-hybridized carbons (Fsp3) is 0.412. The van der Waals surface area contributed by atoms with Gasteiger partial charge >= 0.3 is 0 Å². The number of rotatable bonds is 12. The first kappa shape index (κ1) is 38.0. The molecule has 8 heteroatoms. The molecule has 0 spiro atoms. The lowest BCUT2D eigenvalue weighted by Crippen LogP contribution is -2.43. The van der Waals surface area contributed by atoms with Gasteiger partial charge in [0.15, 0.2) is 37.9 Å². The van der Waals surface area contributed by atoms with E-state index in [1.165, 1.54) is 136 Å². The van der Waals surface area contributed by atoms with E-state index in [-0.39, 0.29) is 0 Å². The maximum Gasteiger partial charge on any atom is 0.177 e. The van der Waals surface area contributed by atoms with E-state index in [1.807, 2.05) is 0 Å². The van der Waals surface area contributed by atoms with Crippen molar-refractivity contribution in [2.24, 2.45) is 25.9 Å². The van der Waals surface area contributed by atoms with Crippen LogP contribution in [0.4, 0.5) is 0 Å². The van der Waals surface area contributed by atoms with Gasteiger partial charge in [0.25, 0.3) is 0 Å². The molecule has 2 aliphatic heterocycles. The normalized spacial score (nSPS) is 16.5. The Labute approximate surface area is 348 Å². The van der Waals surface area contributed by atoms with Crippen LogP contribution in [-0.2, 0) is 27.2 Å². The molecule has 0 atom stereocenters. The summed E-state index contributed by atoms with van der Waals surface area (Å²) < 4.78 is 20.6. The number of methoxy groups -OCH3 is 2. The minimum atomic E-state index is 0.896. The number of aromatic nitrogens is 4. The molecule has 10 rings (SSSR count). The Morgan fingerprint density at radius 1 is 0.525 bits per heavy atom. The maximum atomic E-state index is 5.61. The van der Waals surface area contributed by atoms with E-state index < -0.39 is 0 Å². The first-order valence-corrected chi connectivity index (χ1v) is 22.1. The van der Waals surface area contributed by atoms with Crippen LogP contribution in [-0.4, -0.2) is 72.4 Å². The zero-order chi connectivity index (χ0) is 40.0.